The Morgan fingerprint density at radius 2 is 1.79 bits per heavy atom. The summed E-state index contributed by atoms with van der Waals surface area (Å²) in [4.78, 5) is 29.1. The number of aliphatic hydroxyl groups excluding tert-OH is 1. The number of hydrogen-bond acceptors (Lipinski definition) is 6. The van der Waals surface area contributed by atoms with Crippen molar-refractivity contribution in [2.24, 2.45) is 35.5 Å². The number of pyridine rings is 1. The Kier molecular flexibility index (Phi) is 8.38. The number of fused-ring (bicyclic) bond motifs is 6. The van der Waals surface area contributed by atoms with Crippen molar-refractivity contribution in [2.45, 2.75) is 41.1 Å². The molecule has 3 aliphatic heterocycles. The molecule has 4 bridgehead atoms. The Bertz CT molecular complexity index is 1230. The molecule has 11 atom stereocenters. The number of rotatable bonds is 6. The zero-order valence-corrected chi connectivity index (χ0v) is 24.9. The number of carboxylic acids is 2. The molecule has 39 heavy (non-hydrogen) atoms. The highest BCUT2D eigenvalue weighted by Crippen LogP contribution is 2.57. The van der Waals surface area contributed by atoms with Crippen molar-refractivity contribution in [3.05, 3.63) is 48.7 Å². The number of carbonyl (C=O) groups is 2. The van der Waals surface area contributed by atoms with E-state index in [1.54, 1.807) is 13.3 Å². The lowest BCUT2D eigenvalue weighted by atomic mass is 9.73. The zero-order valence-electron chi connectivity index (χ0n) is 21.7. The van der Waals surface area contributed by atoms with Gasteiger partial charge in [0, 0.05) is 33.8 Å². The van der Waals surface area contributed by atoms with Gasteiger partial charge in [-0.2, -0.15) is 0 Å². The van der Waals surface area contributed by atoms with Crippen LogP contribution in [0.25, 0.3) is 10.9 Å². The lowest BCUT2D eigenvalue weighted by molar-refractivity contribution is -0.155. The largest absolute Gasteiger partial charge is 0.497 e. The molecule has 10 heteroatoms. The molecule has 5 fully saturated rings. The first kappa shape index (κ1) is 28.5. The molecule has 5 aliphatic rings. The molecule has 2 aliphatic carbocycles. The number of halogens is 2. The van der Waals surface area contributed by atoms with E-state index in [0.29, 0.717) is 18.3 Å². The number of hydrogen-bond donors (Lipinski definition) is 3. The molecule has 3 N–H and O–H groups in total. The lowest BCUT2D eigenvalue weighted by Gasteiger charge is -2.50. The predicted molar refractivity (Wildman–Crippen MR) is 154 cm³/mol. The fraction of sp³-hybridized carbons (Fsp3) is 0.552. The van der Waals surface area contributed by atoms with E-state index in [1.807, 2.05) is 24.3 Å². The maximum atomic E-state index is 11.2. The number of aliphatic hydroxyl groups is 1. The summed E-state index contributed by atoms with van der Waals surface area (Å²) < 4.78 is 5.35. The van der Waals surface area contributed by atoms with Crippen LogP contribution in [0.1, 0.15) is 30.9 Å². The number of benzene rings is 1. The second-order valence-corrected chi connectivity index (χ2v) is 13.3. The number of aromatic nitrogens is 1. The molecule has 3 saturated heterocycles. The van der Waals surface area contributed by atoms with Gasteiger partial charge >= 0.3 is 11.9 Å². The summed E-state index contributed by atoms with van der Waals surface area (Å²) in [6.45, 7) is 6.07. The fourth-order valence-corrected chi connectivity index (χ4v) is 9.26. The van der Waals surface area contributed by atoms with Crippen molar-refractivity contribution in [1.29, 1.82) is 0 Å². The topological polar surface area (TPSA) is 120 Å². The minimum Gasteiger partial charge on any atom is -0.497 e. The molecule has 2 aromatic rings. The van der Waals surface area contributed by atoms with Gasteiger partial charge in [0.15, 0.2) is 0 Å². The Morgan fingerprint density at radius 1 is 1.13 bits per heavy atom. The summed E-state index contributed by atoms with van der Waals surface area (Å²) in [6.07, 6.45) is 6.30. The molecule has 7 rings (SSSR count). The van der Waals surface area contributed by atoms with Gasteiger partial charge in [-0.05, 0) is 79.3 Å². The van der Waals surface area contributed by atoms with Crippen LogP contribution in [0.5, 0.6) is 5.75 Å². The van der Waals surface area contributed by atoms with Gasteiger partial charge in [-0.3, -0.25) is 19.5 Å². The standard InChI is InChI=1S/C20H24N2O2.C9H10Br2O4/c1-3-13-12-22-9-7-14(13)10-19(22)20(23)16-6-8-21-18-5-4-15(24-2)11-17(16)18;10-6-2-1-3(7(6)11)5(9(14)15)4(2)8(12)13/h3-6,8,11,13-14,19-20,23H,1,7,9-10,12H2,2H3;2-7H,1H2,(H,12,13)(H,14,15). The van der Waals surface area contributed by atoms with Gasteiger partial charge in [0.1, 0.15) is 5.75 Å². The minimum atomic E-state index is -0.987. The highest BCUT2D eigenvalue weighted by molar-refractivity contribution is 9.12. The second kappa shape index (κ2) is 11.5. The highest BCUT2D eigenvalue weighted by atomic mass is 79.9. The van der Waals surface area contributed by atoms with Gasteiger partial charge in [-0.25, -0.2) is 0 Å². The first-order valence-electron chi connectivity index (χ1n) is 13.4. The van der Waals surface area contributed by atoms with Crippen LogP contribution in [0.15, 0.2) is 43.1 Å². The van der Waals surface area contributed by atoms with E-state index in [1.165, 1.54) is 6.42 Å². The quantitative estimate of drug-likeness (QED) is 0.299. The van der Waals surface area contributed by atoms with Gasteiger partial charge < -0.3 is 20.1 Å². The predicted octanol–water partition coefficient (Wildman–Crippen LogP) is 4.74. The van der Waals surface area contributed by atoms with E-state index in [9.17, 15) is 14.7 Å². The summed E-state index contributed by atoms with van der Waals surface area (Å²) >= 11 is 6.89. The monoisotopic (exact) mass is 664 g/mol. The van der Waals surface area contributed by atoms with Crippen molar-refractivity contribution in [1.82, 2.24) is 9.88 Å². The van der Waals surface area contributed by atoms with Crippen molar-refractivity contribution >= 4 is 54.7 Å². The molecular formula is C29H34Br2N2O6. The third kappa shape index (κ3) is 5.13. The van der Waals surface area contributed by atoms with Gasteiger partial charge in [0.2, 0.25) is 0 Å². The van der Waals surface area contributed by atoms with Crippen LogP contribution in [0, 0.1) is 35.5 Å². The number of carboxylic acid groups (broad SMARTS) is 2. The van der Waals surface area contributed by atoms with Crippen LogP contribution in [0.3, 0.4) is 0 Å². The summed E-state index contributed by atoms with van der Waals surface area (Å²) in [5.74, 6) is -1.60. The fourth-order valence-electron chi connectivity index (χ4n) is 7.39. The van der Waals surface area contributed by atoms with E-state index in [2.05, 4.69) is 54.4 Å². The maximum Gasteiger partial charge on any atom is 0.307 e. The average Bonchev–Trinajstić information content (AvgIpc) is 3.49. The second-order valence-electron chi connectivity index (χ2n) is 11.2. The van der Waals surface area contributed by atoms with Gasteiger partial charge in [-0.1, -0.05) is 37.9 Å². The van der Waals surface area contributed by atoms with Crippen LogP contribution in [-0.4, -0.2) is 73.0 Å². The molecular weight excluding hydrogens is 632 g/mol. The maximum absolute atomic E-state index is 11.2. The Balaban J connectivity index is 0.000000177. The van der Waals surface area contributed by atoms with Crippen molar-refractivity contribution in [3.63, 3.8) is 0 Å². The lowest BCUT2D eigenvalue weighted by Crippen LogP contribution is -2.54. The molecule has 8 nitrogen and oxygen atoms in total. The Labute approximate surface area is 244 Å². The van der Waals surface area contributed by atoms with E-state index < -0.39 is 29.9 Å². The summed E-state index contributed by atoms with van der Waals surface area (Å²) in [5.41, 5.74) is 1.85. The molecule has 0 spiro atoms. The zero-order chi connectivity index (χ0) is 28.0. The number of methoxy groups -OCH3 is 1. The summed E-state index contributed by atoms with van der Waals surface area (Å²) in [7, 11) is 1.66. The van der Waals surface area contributed by atoms with Crippen molar-refractivity contribution in [2.75, 3.05) is 20.2 Å². The van der Waals surface area contributed by atoms with Gasteiger partial charge in [0.25, 0.3) is 0 Å². The molecule has 2 saturated carbocycles. The molecule has 210 valence electrons. The number of alkyl halides is 2. The molecule has 0 radical (unpaired) electrons. The van der Waals surface area contributed by atoms with E-state index >= 15 is 0 Å². The van der Waals surface area contributed by atoms with Crippen LogP contribution in [0.2, 0.25) is 0 Å². The summed E-state index contributed by atoms with van der Waals surface area (Å²) in [5, 5.41) is 30.2. The smallest absolute Gasteiger partial charge is 0.307 e. The number of nitrogens with zero attached hydrogens (tertiary/aromatic N) is 2. The minimum absolute atomic E-state index is 0.0687. The third-order valence-corrected chi connectivity index (χ3v) is 12.6. The normalized spacial score (nSPS) is 37.1. The van der Waals surface area contributed by atoms with E-state index in [4.69, 9.17) is 14.9 Å². The molecule has 1 aromatic carbocycles. The Hall–Kier alpha value is -2.01. The van der Waals surface area contributed by atoms with Crippen LogP contribution in [0.4, 0.5) is 0 Å². The molecule has 4 heterocycles. The molecule has 11 unspecified atom stereocenters. The van der Waals surface area contributed by atoms with Crippen LogP contribution in [-0.2, 0) is 9.59 Å². The van der Waals surface area contributed by atoms with E-state index in [-0.39, 0.29) is 27.5 Å². The molecule has 1 aromatic heterocycles. The first-order chi connectivity index (χ1) is 18.7. The first-order valence-corrected chi connectivity index (χ1v) is 15.2. The van der Waals surface area contributed by atoms with Gasteiger partial charge in [-0.15, -0.1) is 6.58 Å². The van der Waals surface area contributed by atoms with Crippen LogP contribution >= 0.6 is 31.9 Å². The van der Waals surface area contributed by atoms with Gasteiger partial charge in [0.05, 0.1) is 30.6 Å². The van der Waals surface area contributed by atoms with Crippen LogP contribution < -0.4 is 4.74 Å². The number of piperidine rings is 3. The highest BCUT2D eigenvalue weighted by Gasteiger charge is 2.61. The number of ether oxygens (including phenoxy) is 1. The Morgan fingerprint density at radius 3 is 2.33 bits per heavy atom. The number of aliphatic carboxylic acids is 2. The SMILES string of the molecule is C=CC1CN2CCC1CC2C(O)c1ccnc2ccc(OC)cc12.O=C(O)C1C2CC(C(Br)C2Br)C1C(=O)O. The van der Waals surface area contributed by atoms with Crippen molar-refractivity contribution in [3.8, 4) is 5.75 Å². The molecule has 0 amide bonds. The van der Waals surface area contributed by atoms with E-state index in [0.717, 1.165) is 41.7 Å². The third-order valence-electron chi connectivity index (χ3n) is 9.37. The average molecular weight is 666 g/mol. The van der Waals surface area contributed by atoms with Crippen molar-refractivity contribution < 1.29 is 29.6 Å². The summed E-state index contributed by atoms with van der Waals surface area (Å²) in [6, 6.07) is 7.96.